The zero-order valence-corrected chi connectivity index (χ0v) is 26.4. The standard InChI is InChI=1S/C31H41ClFN9O3/c1-20(37-2)6-4-5-7-25(39-28(43)15-12-23-27(42(36)19-38-35)14-13-24(32)29(23)33)31-40-26(18-34)30(41-31)21-8-10-22(11-9-21)45-17-16-44-3/h8-15,19-20,25-26,30,37H,4-7,16-17,35-36H2,1-3H3,(H,39,43)(H,40,41)/b15-12+,38-19-/t20-,25-,26?,30?/m0/s1. The van der Waals surface area contributed by atoms with Crippen LogP contribution in [0.2, 0.25) is 5.02 Å². The van der Waals surface area contributed by atoms with E-state index in [2.05, 4.69) is 34.0 Å². The van der Waals surface area contributed by atoms with Crippen LogP contribution < -0.4 is 37.4 Å². The minimum Gasteiger partial charge on any atom is -0.491 e. The molecule has 0 aromatic heterocycles. The molecule has 3 rings (SSSR count). The summed E-state index contributed by atoms with van der Waals surface area (Å²) < 4.78 is 25.6. The number of halogens is 2. The monoisotopic (exact) mass is 641 g/mol. The molecule has 0 spiro atoms. The zero-order valence-electron chi connectivity index (χ0n) is 25.7. The largest absolute Gasteiger partial charge is 0.491 e. The van der Waals surface area contributed by atoms with Gasteiger partial charge in [0, 0.05) is 24.8 Å². The van der Waals surface area contributed by atoms with Gasteiger partial charge in [0.05, 0.1) is 29.4 Å². The number of carbonyl (C=O) groups is 1. The molecule has 12 nitrogen and oxygen atoms in total. The molecule has 2 unspecified atom stereocenters. The van der Waals surface area contributed by atoms with Crippen LogP contribution in [0, 0.1) is 17.1 Å². The lowest BCUT2D eigenvalue weighted by Crippen LogP contribution is -2.46. The molecule has 1 aliphatic heterocycles. The average Bonchev–Trinajstić information content (AvgIpc) is 3.48. The van der Waals surface area contributed by atoms with Crippen molar-refractivity contribution in [1.82, 2.24) is 16.0 Å². The number of hydrogen-bond donors (Lipinski definition) is 5. The van der Waals surface area contributed by atoms with Crippen LogP contribution in [0.4, 0.5) is 10.1 Å². The lowest BCUT2D eigenvalue weighted by molar-refractivity contribution is -0.116. The van der Waals surface area contributed by atoms with Crippen LogP contribution in [-0.2, 0) is 9.53 Å². The number of anilines is 1. The van der Waals surface area contributed by atoms with Gasteiger partial charge in [-0.1, -0.05) is 36.6 Å². The summed E-state index contributed by atoms with van der Waals surface area (Å²) in [4.78, 5) is 18.0. The van der Waals surface area contributed by atoms with Crippen LogP contribution in [0.5, 0.6) is 5.75 Å². The Hall–Kier alpha value is -4.22. The third kappa shape index (κ3) is 10.2. The maximum absolute atomic E-state index is 15.0. The van der Waals surface area contributed by atoms with Gasteiger partial charge in [-0.2, -0.15) is 10.4 Å². The van der Waals surface area contributed by atoms with Crippen LogP contribution in [0.1, 0.15) is 49.8 Å². The molecule has 45 heavy (non-hydrogen) atoms. The number of ether oxygens (including phenoxy) is 2. The maximum atomic E-state index is 15.0. The Balaban J connectivity index is 1.83. The molecule has 0 saturated heterocycles. The molecule has 1 heterocycles. The van der Waals surface area contributed by atoms with E-state index in [1.165, 1.54) is 24.3 Å². The van der Waals surface area contributed by atoms with Gasteiger partial charge in [-0.05, 0) is 62.7 Å². The molecule has 242 valence electrons. The molecule has 0 radical (unpaired) electrons. The fraction of sp³-hybridized carbons (Fsp3) is 0.419. The molecule has 2 aromatic carbocycles. The Morgan fingerprint density at radius 2 is 2.00 bits per heavy atom. The first-order valence-electron chi connectivity index (χ1n) is 14.6. The molecule has 1 amide bonds. The van der Waals surface area contributed by atoms with E-state index in [0.717, 1.165) is 36.2 Å². The Labute approximate surface area is 268 Å². The predicted octanol–water partition coefficient (Wildman–Crippen LogP) is 3.39. The van der Waals surface area contributed by atoms with E-state index in [9.17, 15) is 14.4 Å². The molecule has 2 aromatic rings. The summed E-state index contributed by atoms with van der Waals surface area (Å²) in [5.74, 6) is 11.0. The molecule has 0 bridgehead atoms. The number of hydrogen-bond acceptors (Lipinski definition) is 10. The minimum absolute atomic E-state index is 0.0201. The Bertz CT molecular complexity index is 1400. The zero-order chi connectivity index (χ0) is 32.8. The van der Waals surface area contributed by atoms with Crippen molar-refractivity contribution in [2.45, 2.75) is 56.8 Å². The lowest BCUT2D eigenvalue weighted by Gasteiger charge is -2.20. The Morgan fingerprint density at radius 3 is 2.67 bits per heavy atom. The van der Waals surface area contributed by atoms with E-state index < -0.39 is 29.8 Å². The maximum Gasteiger partial charge on any atom is 0.244 e. The van der Waals surface area contributed by atoms with Gasteiger partial charge in [0.2, 0.25) is 5.91 Å². The molecule has 7 N–H and O–H groups in total. The number of carbonyl (C=O) groups excluding carboxylic acids is 1. The van der Waals surface area contributed by atoms with Gasteiger partial charge in [0.1, 0.15) is 36.6 Å². The second-order valence-electron chi connectivity index (χ2n) is 10.5. The van der Waals surface area contributed by atoms with E-state index in [1.807, 2.05) is 31.3 Å². The van der Waals surface area contributed by atoms with Crippen LogP contribution in [0.25, 0.3) is 6.08 Å². The van der Waals surface area contributed by atoms with Gasteiger partial charge in [-0.3, -0.25) is 14.8 Å². The number of benzene rings is 2. The van der Waals surface area contributed by atoms with Gasteiger partial charge < -0.3 is 31.3 Å². The van der Waals surface area contributed by atoms with E-state index in [-0.39, 0.29) is 16.3 Å². The average molecular weight is 642 g/mol. The van der Waals surface area contributed by atoms with Gasteiger partial charge >= 0.3 is 0 Å². The Kier molecular flexibility index (Phi) is 14.0. The minimum atomic E-state index is -0.758. The highest BCUT2D eigenvalue weighted by atomic mass is 35.5. The van der Waals surface area contributed by atoms with Gasteiger partial charge in [0.15, 0.2) is 5.82 Å². The molecule has 1 aliphatic rings. The van der Waals surface area contributed by atoms with Crippen molar-refractivity contribution in [1.29, 1.82) is 5.26 Å². The van der Waals surface area contributed by atoms with E-state index in [1.54, 1.807) is 7.11 Å². The smallest absolute Gasteiger partial charge is 0.244 e. The summed E-state index contributed by atoms with van der Waals surface area (Å²) in [7, 11) is 3.52. The SMILES string of the molecule is CN[C@@H](C)CCCC[C@H](NC(=O)/C=C/c1c(N(N)/C=N\N)ccc(Cl)c1F)C1=NC(c2ccc(OCCOC)cc2)C(C#N)N1. The summed E-state index contributed by atoms with van der Waals surface area (Å²) in [6.45, 7) is 3.00. The van der Waals surface area contributed by atoms with Crippen LogP contribution in [-0.4, -0.2) is 63.6 Å². The number of amidine groups is 1. The topological polar surface area (TPSA) is 175 Å². The van der Waals surface area contributed by atoms with Crippen molar-refractivity contribution < 1.29 is 18.7 Å². The highest BCUT2D eigenvalue weighted by Gasteiger charge is 2.33. The molecular formula is C31H41ClFN9O3. The fourth-order valence-electron chi connectivity index (χ4n) is 4.74. The summed E-state index contributed by atoms with van der Waals surface area (Å²) in [6, 6.07) is 11.2. The number of rotatable bonds is 17. The second-order valence-corrected chi connectivity index (χ2v) is 10.9. The van der Waals surface area contributed by atoms with Crippen molar-refractivity contribution in [3.05, 3.63) is 64.4 Å². The highest BCUT2D eigenvalue weighted by Crippen LogP contribution is 2.30. The van der Waals surface area contributed by atoms with Crippen LogP contribution in [0.15, 0.2) is 52.6 Å². The number of amides is 1. The third-order valence-corrected chi connectivity index (χ3v) is 7.61. The first-order chi connectivity index (χ1) is 21.7. The predicted molar refractivity (Wildman–Crippen MR) is 175 cm³/mol. The molecule has 0 fully saturated rings. The Morgan fingerprint density at radius 1 is 1.27 bits per heavy atom. The summed E-state index contributed by atoms with van der Waals surface area (Å²) in [5.41, 5.74) is 1.00. The van der Waals surface area contributed by atoms with E-state index in [4.69, 9.17) is 37.8 Å². The van der Waals surface area contributed by atoms with Crippen molar-refractivity contribution >= 4 is 41.4 Å². The molecular weight excluding hydrogens is 601 g/mol. The second kappa shape index (κ2) is 17.9. The number of methoxy groups -OCH3 is 1. The molecule has 0 saturated carbocycles. The molecule has 4 atom stereocenters. The van der Waals surface area contributed by atoms with Crippen molar-refractivity contribution in [2.75, 3.05) is 32.4 Å². The van der Waals surface area contributed by atoms with Gasteiger partial charge in [0.25, 0.3) is 0 Å². The number of nitriles is 1. The number of unbranched alkanes of at least 4 members (excludes halogenated alkanes) is 1. The first kappa shape index (κ1) is 35.3. The summed E-state index contributed by atoms with van der Waals surface area (Å²) in [5, 5.41) is 23.6. The van der Waals surface area contributed by atoms with Crippen molar-refractivity contribution in [2.24, 2.45) is 21.8 Å². The van der Waals surface area contributed by atoms with E-state index in [0.29, 0.717) is 37.3 Å². The first-order valence-corrected chi connectivity index (χ1v) is 15.0. The highest BCUT2D eigenvalue weighted by molar-refractivity contribution is 6.31. The normalized spacial score (nSPS) is 17.5. The molecule has 14 heteroatoms. The lowest BCUT2D eigenvalue weighted by atomic mass is 10.0. The van der Waals surface area contributed by atoms with Gasteiger partial charge in [-0.15, -0.1) is 0 Å². The van der Waals surface area contributed by atoms with Crippen molar-refractivity contribution in [3.8, 4) is 11.8 Å². The number of nitrogens with two attached hydrogens (primary N) is 2. The third-order valence-electron chi connectivity index (χ3n) is 7.31. The molecule has 0 aliphatic carbocycles. The quantitative estimate of drug-likeness (QED) is 0.0433. The number of nitrogens with one attached hydrogen (secondary N) is 3. The number of hydrazone groups is 1. The van der Waals surface area contributed by atoms with Crippen LogP contribution in [0.3, 0.4) is 0 Å². The fourth-order valence-corrected chi connectivity index (χ4v) is 4.90. The van der Waals surface area contributed by atoms with Crippen LogP contribution >= 0.6 is 11.6 Å². The summed E-state index contributed by atoms with van der Waals surface area (Å²) >= 11 is 5.99. The summed E-state index contributed by atoms with van der Waals surface area (Å²) in [6.07, 6.45) is 6.81. The van der Waals surface area contributed by atoms with Gasteiger partial charge in [-0.25, -0.2) is 10.2 Å². The van der Waals surface area contributed by atoms with E-state index >= 15 is 0 Å². The number of aliphatic imine (C=N–C) groups is 1. The number of hydrazine groups is 1. The van der Waals surface area contributed by atoms with Crippen molar-refractivity contribution in [3.63, 3.8) is 0 Å². The number of nitrogens with zero attached hydrogens (tertiary/aromatic N) is 4.